The molecule has 43 heavy (non-hydrogen) atoms. The number of nitrogens with zero attached hydrogens (tertiary/aromatic N) is 2. The van der Waals surface area contributed by atoms with Crippen LogP contribution < -0.4 is 4.74 Å². The molecule has 0 amide bonds. The Hall–Kier alpha value is -2.63. The number of aryl methyl sites for hydroxylation is 1. The molecule has 3 aromatic carbocycles. The molecule has 230 valence electrons. The molecule has 0 unspecified atom stereocenters. The van der Waals surface area contributed by atoms with Gasteiger partial charge in [0.1, 0.15) is 12.4 Å². The molecule has 0 aliphatic carbocycles. The Morgan fingerprint density at radius 3 is 2.51 bits per heavy atom. The van der Waals surface area contributed by atoms with Crippen LogP contribution in [0.15, 0.2) is 54.6 Å². The summed E-state index contributed by atoms with van der Waals surface area (Å²) in [4.78, 5) is 4.95. The third kappa shape index (κ3) is 8.10. The zero-order valence-electron chi connectivity index (χ0n) is 26.5. The van der Waals surface area contributed by atoms with Gasteiger partial charge in [0.05, 0.1) is 11.1 Å². The van der Waals surface area contributed by atoms with Crippen molar-refractivity contribution in [3.8, 4) is 16.9 Å². The van der Waals surface area contributed by atoms with Crippen LogP contribution in [0.2, 0.25) is 5.02 Å². The topological polar surface area (TPSA) is 35.9 Å². The van der Waals surface area contributed by atoms with Crippen molar-refractivity contribution < 1.29 is 9.84 Å². The summed E-state index contributed by atoms with van der Waals surface area (Å²) in [5, 5.41) is 10.6. The van der Waals surface area contributed by atoms with E-state index in [-0.39, 0.29) is 6.10 Å². The van der Waals surface area contributed by atoms with Crippen LogP contribution in [0.1, 0.15) is 78.8 Å². The lowest BCUT2D eigenvalue weighted by Gasteiger charge is -2.33. The molecule has 2 aliphatic heterocycles. The zero-order valence-corrected chi connectivity index (χ0v) is 27.3. The molecule has 2 fully saturated rings. The minimum Gasteiger partial charge on any atom is -0.487 e. The maximum Gasteiger partial charge on any atom is 0.138 e. The van der Waals surface area contributed by atoms with Crippen LogP contribution in [0, 0.1) is 20.8 Å². The molecule has 2 saturated heterocycles. The van der Waals surface area contributed by atoms with E-state index in [2.05, 4.69) is 98.2 Å². The number of rotatable bonds is 10. The lowest BCUT2D eigenvalue weighted by atomic mass is 9.91. The molecular formula is C38H49ClN2O2. The van der Waals surface area contributed by atoms with Gasteiger partial charge in [0.25, 0.3) is 0 Å². The van der Waals surface area contributed by atoms with Gasteiger partial charge in [0, 0.05) is 25.7 Å². The van der Waals surface area contributed by atoms with Crippen LogP contribution >= 0.6 is 11.6 Å². The number of likely N-dealkylation sites (tertiary alicyclic amines) is 2. The van der Waals surface area contributed by atoms with Crippen LogP contribution in [0.3, 0.4) is 0 Å². The number of aliphatic hydroxyl groups is 1. The Bertz CT molecular complexity index is 1420. The van der Waals surface area contributed by atoms with Gasteiger partial charge < -0.3 is 14.7 Å². The fourth-order valence-corrected chi connectivity index (χ4v) is 6.94. The second kappa shape index (κ2) is 14.9. The summed E-state index contributed by atoms with van der Waals surface area (Å²) in [6.07, 6.45) is 11.3. The van der Waals surface area contributed by atoms with Crippen molar-refractivity contribution in [3.63, 3.8) is 0 Å². The first kappa shape index (κ1) is 31.8. The highest BCUT2D eigenvalue weighted by molar-refractivity contribution is 6.32. The van der Waals surface area contributed by atoms with Gasteiger partial charge in [-0.25, -0.2) is 0 Å². The summed E-state index contributed by atoms with van der Waals surface area (Å²) in [6.45, 7) is 14.4. The van der Waals surface area contributed by atoms with Gasteiger partial charge in [-0.15, -0.1) is 0 Å². The average Bonchev–Trinajstić information content (AvgIpc) is 2.99. The van der Waals surface area contributed by atoms with Crippen molar-refractivity contribution in [2.75, 3.05) is 26.2 Å². The summed E-state index contributed by atoms with van der Waals surface area (Å²) in [5.74, 6) is 0.752. The van der Waals surface area contributed by atoms with E-state index in [4.69, 9.17) is 16.3 Å². The summed E-state index contributed by atoms with van der Waals surface area (Å²) in [5.41, 5.74) is 9.95. The molecule has 0 aromatic heterocycles. The van der Waals surface area contributed by atoms with E-state index in [1.54, 1.807) is 0 Å². The Kier molecular flexibility index (Phi) is 11.0. The number of benzene rings is 3. The number of aliphatic hydroxyl groups excluding tert-OH is 1. The Labute approximate surface area is 264 Å². The Morgan fingerprint density at radius 2 is 1.72 bits per heavy atom. The van der Waals surface area contributed by atoms with E-state index in [1.165, 1.54) is 63.8 Å². The summed E-state index contributed by atoms with van der Waals surface area (Å²) < 4.78 is 6.34. The van der Waals surface area contributed by atoms with E-state index < -0.39 is 0 Å². The fourth-order valence-electron chi connectivity index (χ4n) is 6.70. The summed E-state index contributed by atoms with van der Waals surface area (Å²) in [7, 11) is 0. The number of hydrogen-bond acceptors (Lipinski definition) is 4. The van der Waals surface area contributed by atoms with Crippen LogP contribution in [-0.4, -0.2) is 53.2 Å². The molecule has 5 heteroatoms. The second-order valence-corrected chi connectivity index (χ2v) is 13.1. The molecule has 0 bridgehead atoms. The van der Waals surface area contributed by atoms with E-state index in [0.29, 0.717) is 17.7 Å². The van der Waals surface area contributed by atoms with Gasteiger partial charge in [-0.3, -0.25) is 4.90 Å². The van der Waals surface area contributed by atoms with Gasteiger partial charge in [-0.1, -0.05) is 66.6 Å². The van der Waals surface area contributed by atoms with E-state index in [9.17, 15) is 5.11 Å². The van der Waals surface area contributed by atoms with Crippen LogP contribution in [0.5, 0.6) is 5.75 Å². The number of ether oxygens (including phenoxy) is 1. The molecule has 2 atom stereocenters. The van der Waals surface area contributed by atoms with Crippen molar-refractivity contribution in [2.24, 2.45) is 0 Å². The van der Waals surface area contributed by atoms with E-state index >= 15 is 0 Å². The highest BCUT2D eigenvalue weighted by atomic mass is 35.5. The third-order valence-electron chi connectivity index (χ3n) is 9.59. The van der Waals surface area contributed by atoms with Crippen molar-refractivity contribution in [1.29, 1.82) is 0 Å². The molecule has 3 aromatic rings. The van der Waals surface area contributed by atoms with Crippen LogP contribution in [-0.2, 0) is 13.2 Å². The first-order chi connectivity index (χ1) is 20.8. The third-order valence-corrected chi connectivity index (χ3v) is 9.88. The van der Waals surface area contributed by atoms with Crippen molar-refractivity contribution in [2.45, 2.75) is 91.5 Å². The van der Waals surface area contributed by atoms with Gasteiger partial charge in [-0.05, 0) is 130 Å². The highest BCUT2D eigenvalue weighted by Crippen LogP contribution is 2.33. The van der Waals surface area contributed by atoms with Crippen molar-refractivity contribution >= 4 is 17.7 Å². The molecule has 5 rings (SSSR count). The van der Waals surface area contributed by atoms with Crippen molar-refractivity contribution in [1.82, 2.24) is 9.80 Å². The number of hydrogen-bond donors (Lipinski definition) is 1. The molecule has 2 aliphatic rings. The first-order valence-electron chi connectivity index (χ1n) is 16.2. The smallest absolute Gasteiger partial charge is 0.138 e. The minimum atomic E-state index is -0.166. The number of β-amino-alcohol motifs (C(OH)–C–C–N with tert-alkyl or cyclic N) is 1. The molecule has 0 spiro atoms. The van der Waals surface area contributed by atoms with Gasteiger partial charge in [-0.2, -0.15) is 0 Å². The predicted octanol–water partition coefficient (Wildman–Crippen LogP) is 8.75. The SMILES string of the molecule is Cc1cc(OCc2cccc(-c3cccc(/C=C/CCN4CCC[C@@H](O)C4)c3C)c2C)c(Cl)cc1CN1CCCC[C@H]1C. The highest BCUT2D eigenvalue weighted by Gasteiger charge is 2.20. The fraction of sp³-hybridized carbons (Fsp3) is 0.474. The minimum absolute atomic E-state index is 0.166. The standard InChI is InChI=1S/C38H49ClN2O2/c1-27-22-38(37(39)23-33(27)24-41-21-8-5-12-28(41)2)43-26-32-15-10-18-36(30(32)4)35-17-9-14-31(29(35)3)13-6-7-19-40-20-11-16-34(42)25-40/h6,9-10,13-15,17-18,22-23,28,34,42H,5,7-8,11-12,16,19-21,24-26H2,1-4H3/b13-6+/t28-,34-/m1/s1. The van der Waals surface area contributed by atoms with E-state index in [0.717, 1.165) is 57.7 Å². The second-order valence-electron chi connectivity index (χ2n) is 12.7. The summed E-state index contributed by atoms with van der Waals surface area (Å²) >= 11 is 6.77. The maximum atomic E-state index is 9.94. The molecule has 1 N–H and O–H groups in total. The molecule has 2 heterocycles. The molecule has 0 radical (unpaired) electrons. The predicted molar refractivity (Wildman–Crippen MR) is 181 cm³/mol. The van der Waals surface area contributed by atoms with Crippen molar-refractivity contribution in [3.05, 3.63) is 93.0 Å². The van der Waals surface area contributed by atoms with E-state index in [1.807, 2.05) is 0 Å². The first-order valence-corrected chi connectivity index (χ1v) is 16.6. The number of piperidine rings is 2. The normalized spacial score (nSPS) is 20.1. The average molecular weight is 601 g/mol. The molecule has 4 nitrogen and oxygen atoms in total. The van der Waals surface area contributed by atoms with Gasteiger partial charge >= 0.3 is 0 Å². The quantitative estimate of drug-likeness (QED) is 0.252. The lowest BCUT2D eigenvalue weighted by Crippen LogP contribution is -2.38. The lowest BCUT2D eigenvalue weighted by molar-refractivity contribution is 0.0717. The molecule has 0 saturated carbocycles. The largest absolute Gasteiger partial charge is 0.487 e. The Morgan fingerprint density at radius 1 is 0.930 bits per heavy atom. The zero-order chi connectivity index (χ0) is 30.3. The van der Waals surface area contributed by atoms with Gasteiger partial charge in [0.2, 0.25) is 0 Å². The monoisotopic (exact) mass is 600 g/mol. The summed E-state index contributed by atoms with van der Waals surface area (Å²) in [6, 6.07) is 17.9. The number of halogens is 1. The molecular weight excluding hydrogens is 552 g/mol. The maximum absolute atomic E-state index is 9.94. The Balaban J connectivity index is 1.25. The van der Waals surface area contributed by atoms with Crippen LogP contribution in [0.4, 0.5) is 0 Å². The van der Waals surface area contributed by atoms with Crippen LogP contribution in [0.25, 0.3) is 17.2 Å². The van der Waals surface area contributed by atoms with Gasteiger partial charge in [0.15, 0.2) is 0 Å².